The summed E-state index contributed by atoms with van der Waals surface area (Å²) < 4.78 is 5.01. The van der Waals surface area contributed by atoms with E-state index in [-0.39, 0.29) is 35.3 Å². The predicted octanol–water partition coefficient (Wildman–Crippen LogP) is 2.01. The topological polar surface area (TPSA) is 79.0 Å². The van der Waals surface area contributed by atoms with Crippen LogP contribution in [0.4, 0.5) is 4.79 Å². The first-order chi connectivity index (χ1) is 12.2. The van der Waals surface area contributed by atoms with Crippen molar-refractivity contribution in [3.05, 3.63) is 0 Å². The third-order valence-corrected chi connectivity index (χ3v) is 5.06. The van der Waals surface area contributed by atoms with Gasteiger partial charge in [-0.15, -0.1) is 0 Å². The zero-order valence-electron chi connectivity index (χ0n) is 16.5. The molecule has 2 fully saturated rings. The molecule has 1 saturated carbocycles. The lowest BCUT2D eigenvalue weighted by atomic mass is 9.80. The number of ether oxygens (including phenoxy) is 1. The Morgan fingerprint density at radius 2 is 1.42 bits per heavy atom. The van der Waals surface area contributed by atoms with Crippen LogP contribution in [0, 0.1) is 11.8 Å². The van der Waals surface area contributed by atoms with Gasteiger partial charge in [0.15, 0.2) is 0 Å². The minimum Gasteiger partial charge on any atom is -0.450 e. The van der Waals surface area contributed by atoms with Crippen LogP contribution < -0.4 is 5.32 Å². The highest BCUT2D eigenvalue weighted by molar-refractivity contribution is 5.81. The van der Waals surface area contributed by atoms with Crippen LogP contribution in [0.3, 0.4) is 0 Å². The van der Waals surface area contributed by atoms with E-state index in [2.05, 4.69) is 5.32 Å². The molecule has 0 unspecified atom stereocenters. The van der Waals surface area contributed by atoms with Crippen LogP contribution in [0.1, 0.15) is 53.4 Å². The van der Waals surface area contributed by atoms with Gasteiger partial charge in [0, 0.05) is 43.6 Å². The SMILES string of the molecule is CCOC(=O)N1CCN(C(=O)C2CCC(C(=O)NC(C)(C)C)CC2)CC1. The van der Waals surface area contributed by atoms with E-state index < -0.39 is 0 Å². The summed E-state index contributed by atoms with van der Waals surface area (Å²) in [5, 5.41) is 3.04. The van der Waals surface area contributed by atoms with Gasteiger partial charge in [-0.1, -0.05) is 0 Å². The highest BCUT2D eigenvalue weighted by Crippen LogP contribution is 2.31. The Hall–Kier alpha value is -1.79. The molecule has 0 aromatic heterocycles. The number of nitrogens with zero attached hydrogens (tertiary/aromatic N) is 2. The number of carbonyl (C=O) groups is 3. The van der Waals surface area contributed by atoms with Crippen LogP contribution >= 0.6 is 0 Å². The van der Waals surface area contributed by atoms with E-state index in [9.17, 15) is 14.4 Å². The van der Waals surface area contributed by atoms with Gasteiger partial charge in [-0.2, -0.15) is 0 Å². The van der Waals surface area contributed by atoms with E-state index in [1.807, 2.05) is 25.7 Å². The summed E-state index contributed by atoms with van der Waals surface area (Å²) in [5.74, 6) is 0.288. The number of hydrogen-bond donors (Lipinski definition) is 1. The Bertz CT molecular complexity index is 513. The quantitative estimate of drug-likeness (QED) is 0.828. The average molecular weight is 367 g/mol. The van der Waals surface area contributed by atoms with Crippen LogP contribution in [-0.2, 0) is 14.3 Å². The Morgan fingerprint density at radius 1 is 0.923 bits per heavy atom. The lowest BCUT2D eigenvalue weighted by Crippen LogP contribution is -2.52. The molecular formula is C19H33N3O4. The summed E-state index contributed by atoms with van der Waals surface area (Å²) in [6, 6.07) is 0. The molecule has 1 N–H and O–H groups in total. The summed E-state index contributed by atoms with van der Waals surface area (Å²) in [5.41, 5.74) is -0.220. The molecule has 0 bridgehead atoms. The van der Waals surface area contributed by atoms with Crippen molar-refractivity contribution in [1.29, 1.82) is 0 Å². The second-order valence-electron chi connectivity index (χ2n) is 8.30. The number of carbonyl (C=O) groups excluding carboxylic acids is 3. The lowest BCUT2D eigenvalue weighted by Gasteiger charge is -2.37. The molecule has 0 aromatic carbocycles. The number of piperazine rings is 1. The van der Waals surface area contributed by atoms with Gasteiger partial charge < -0.3 is 19.9 Å². The fourth-order valence-electron chi connectivity index (χ4n) is 3.66. The molecule has 0 atom stereocenters. The first-order valence-electron chi connectivity index (χ1n) is 9.73. The molecule has 148 valence electrons. The molecule has 7 nitrogen and oxygen atoms in total. The molecule has 26 heavy (non-hydrogen) atoms. The van der Waals surface area contributed by atoms with Gasteiger partial charge in [-0.05, 0) is 53.4 Å². The van der Waals surface area contributed by atoms with E-state index in [0.29, 0.717) is 32.8 Å². The minimum absolute atomic E-state index is 0.00262. The second-order valence-corrected chi connectivity index (χ2v) is 8.30. The standard InChI is InChI=1S/C19H33N3O4/c1-5-26-18(25)22-12-10-21(11-13-22)17(24)15-8-6-14(7-9-15)16(23)20-19(2,3)4/h14-15H,5-13H2,1-4H3,(H,20,23). The van der Waals surface area contributed by atoms with E-state index in [1.54, 1.807) is 11.8 Å². The molecular weight excluding hydrogens is 334 g/mol. The molecule has 1 saturated heterocycles. The molecule has 1 heterocycles. The molecule has 7 heteroatoms. The maximum atomic E-state index is 12.8. The molecule has 1 aliphatic heterocycles. The Balaban J connectivity index is 1.77. The third kappa shape index (κ3) is 5.61. The number of nitrogens with one attached hydrogen (secondary N) is 1. The monoisotopic (exact) mass is 367 g/mol. The van der Waals surface area contributed by atoms with E-state index >= 15 is 0 Å². The van der Waals surface area contributed by atoms with Crippen molar-refractivity contribution in [2.24, 2.45) is 11.8 Å². The Labute approximate surface area is 156 Å². The largest absolute Gasteiger partial charge is 0.450 e. The summed E-state index contributed by atoms with van der Waals surface area (Å²) in [7, 11) is 0. The van der Waals surface area contributed by atoms with Gasteiger partial charge in [0.05, 0.1) is 6.61 Å². The zero-order chi connectivity index (χ0) is 19.3. The van der Waals surface area contributed by atoms with Crippen molar-refractivity contribution in [1.82, 2.24) is 15.1 Å². The molecule has 2 rings (SSSR count). The highest BCUT2D eigenvalue weighted by atomic mass is 16.6. The van der Waals surface area contributed by atoms with E-state index in [0.717, 1.165) is 25.7 Å². The first-order valence-corrected chi connectivity index (χ1v) is 9.73. The summed E-state index contributed by atoms with van der Waals surface area (Å²) in [6.45, 7) is 10.3. The molecule has 0 radical (unpaired) electrons. The van der Waals surface area contributed by atoms with Crippen molar-refractivity contribution in [3.63, 3.8) is 0 Å². The van der Waals surface area contributed by atoms with Gasteiger partial charge in [0.1, 0.15) is 0 Å². The molecule has 2 aliphatic rings. The third-order valence-electron chi connectivity index (χ3n) is 5.06. The van der Waals surface area contributed by atoms with E-state index in [1.165, 1.54) is 0 Å². The minimum atomic E-state index is -0.301. The normalized spacial score (nSPS) is 24.2. The summed E-state index contributed by atoms with van der Waals surface area (Å²) >= 11 is 0. The van der Waals surface area contributed by atoms with Gasteiger partial charge in [0.25, 0.3) is 0 Å². The van der Waals surface area contributed by atoms with Gasteiger partial charge >= 0.3 is 6.09 Å². The Kier molecular flexibility index (Phi) is 6.89. The zero-order valence-corrected chi connectivity index (χ0v) is 16.5. The van der Waals surface area contributed by atoms with Crippen LogP contribution in [0.2, 0.25) is 0 Å². The summed E-state index contributed by atoms with van der Waals surface area (Å²) in [6.07, 6.45) is 2.76. The van der Waals surface area contributed by atoms with Crippen LogP contribution in [0.15, 0.2) is 0 Å². The average Bonchev–Trinajstić information content (AvgIpc) is 2.60. The number of rotatable bonds is 3. The highest BCUT2D eigenvalue weighted by Gasteiger charge is 2.34. The van der Waals surface area contributed by atoms with Gasteiger partial charge in [-0.25, -0.2) is 4.79 Å². The van der Waals surface area contributed by atoms with Crippen LogP contribution in [-0.4, -0.2) is 66.0 Å². The van der Waals surface area contributed by atoms with E-state index in [4.69, 9.17) is 4.74 Å². The number of hydrogen-bond acceptors (Lipinski definition) is 4. The number of amides is 3. The van der Waals surface area contributed by atoms with Crippen molar-refractivity contribution in [2.75, 3.05) is 32.8 Å². The first kappa shape index (κ1) is 20.5. The smallest absolute Gasteiger partial charge is 0.409 e. The van der Waals surface area contributed by atoms with Crippen molar-refractivity contribution >= 4 is 17.9 Å². The maximum Gasteiger partial charge on any atom is 0.409 e. The van der Waals surface area contributed by atoms with Gasteiger partial charge in [-0.3, -0.25) is 9.59 Å². The summed E-state index contributed by atoms with van der Waals surface area (Å²) in [4.78, 5) is 40.3. The van der Waals surface area contributed by atoms with Crippen molar-refractivity contribution < 1.29 is 19.1 Å². The molecule has 0 spiro atoms. The molecule has 3 amide bonds. The predicted molar refractivity (Wildman–Crippen MR) is 98.5 cm³/mol. The second kappa shape index (κ2) is 8.73. The fourth-order valence-corrected chi connectivity index (χ4v) is 3.66. The maximum absolute atomic E-state index is 12.8. The van der Waals surface area contributed by atoms with Crippen molar-refractivity contribution in [2.45, 2.75) is 58.9 Å². The van der Waals surface area contributed by atoms with Crippen molar-refractivity contribution in [3.8, 4) is 0 Å². The van der Waals surface area contributed by atoms with Crippen LogP contribution in [0.5, 0.6) is 0 Å². The Morgan fingerprint density at radius 3 is 1.92 bits per heavy atom. The fraction of sp³-hybridized carbons (Fsp3) is 0.842. The van der Waals surface area contributed by atoms with Crippen LogP contribution in [0.25, 0.3) is 0 Å². The molecule has 1 aliphatic carbocycles. The lowest BCUT2D eigenvalue weighted by molar-refractivity contribution is -0.140. The van der Waals surface area contributed by atoms with Gasteiger partial charge in [0.2, 0.25) is 11.8 Å². The molecule has 0 aromatic rings.